The zero-order valence-corrected chi connectivity index (χ0v) is 11.5. The predicted molar refractivity (Wildman–Crippen MR) is 64.8 cm³/mol. The molecule has 0 saturated carbocycles. The number of halogens is 1. The molecule has 2 aliphatic rings. The molecule has 0 radical (unpaired) electrons. The van der Waals surface area contributed by atoms with Gasteiger partial charge in [0.05, 0.1) is 11.5 Å². The van der Waals surface area contributed by atoms with Gasteiger partial charge in [-0.25, -0.2) is 8.42 Å². The van der Waals surface area contributed by atoms with Gasteiger partial charge in [-0.3, -0.25) is 10.2 Å². The average molecular weight is 303 g/mol. The first-order valence-electron chi connectivity index (χ1n) is 4.26. The molecule has 2 saturated heterocycles. The molecule has 7 heteroatoms. The number of nitrogens with zero attached hydrogens (tertiary/aromatic N) is 1. The quantitative estimate of drug-likeness (QED) is 0.734. The highest BCUT2D eigenvalue weighted by Crippen LogP contribution is 2.34. The molecule has 3 unspecified atom stereocenters. The van der Waals surface area contributed by atoms with Crippen LogP contribution in [0.5, 0.6) is 0 Å². The molecule has 0 aliphatic carbocycles. The summed E-state index contributed by atoms with van der Waals surface area (Å²) in [5, 5.41) is 3.58. The Bertz CT molecular complexity index is 287. The summed E-state index contributed by atoms with van der Waals surface area (Å²) in [5.74, 6) is 0.661. The molecule has 0 amide bonds. The molecule has 1 N–H and O–H groups in total. The standard InChI is InChI=1S/C7H14N2O2S2.BrH/c1-9(2)7-8-5-3-13(10,11)4-6(5)12-7;/h5-8H,3-4H2,1-2H3;1H. The molecule has 14 heavy (non-hydrogen) atoms. The Hall–Kier alpha value is 0.700. The minimum atomic E-state index is -2.76. The molecule has 84 valence electrons. The second kappa shape index (κ2) is 4.29. The Balaban J connectivity index is 0.000000980. The second-order valence-corrected chi connectivity index (χ2v) is 7.32. The van der Waals surface area contributed by atoms with Crippen molar-refractivity contribution in [2.75, 3.05) is 25.6 Å². The van der Waals surface area contributed by atoms with Crippen molar-refractivity contribution < 1.29 is 8.42 Å². The van der Waals surface area contributed by atoms with E-state index in [-0.39, 0.29) is 33.8 Å². The van der Waals surface area contributed by atoms with Crippen molar-refractivity contribution in [2.24, 2.45) is 0 Å². The van der Waals surface area contributed by atoms with Crippen molar-refractivity contribution in [3.05, 3.63) is 0 Å². The summed E-state index contributed by atoms with van der Waals surface area (Å²) in [4.78, 5) is 2.08. The number of thioether (sulfide) groups is 1. The molecule has 0 bridgehead atoms. The summed E-state index contributed by atoms with van der Waals surface area (Å²) in [5.41, 5.74) is 0.283. The first-order valence-corrected chi connectivity index (χ1v) is 7.03. The van der Waals surface area contributed by atoms with Crippen molar-refractivity contribution in [1.82, 2.24) is 10.2 Å². The maximum Gasteiger partial charge on any atom is 0.153 e. The van der Waals surface area contributed by atoms with E-state index in [2.05, 4.69) is 10.2 Å². The van der Waals surface area contributed by atoms with Crippen molar-refractivity contribution in [3.63, 3.8) is 0 Å². The molecule has 0 aromatic heterocycles. The lowest BCUT2D eigenvalue weighted by Crippen LogP contribution is -2.40. The number of rotatable bonds is 1. The van der Waals surface area contributed by atoms with E-state index >= 15 is 0 Å². The summed E-state index contributed by atoms with van der Waals surface area (Å²) in [6.07, 6.45) is 0. The summed E-state index contributed by atoms with van der Waals surface area (Å²) < 4.78 is 22.5. The van der Waals surface area contributed by atoms with Gasteiger partial charge in [-0.05, 0) is 14.1 Å². The van der Waals surface area contributed by atoms with Crippen molar-refractivity contribution in [2.45, 2.75) is 16.8 Å². The summed E-state index contributed by atoms with van der Waals surface area (Å²) in [7, 11) is 1.24. The Kier molecular flexibility index (Phi) is 3.91. The van der Waals surface area contributed by atoms with Gasteiger partial charge in [-0.15, -0.1) is 28.7 Å². The Morgan fingerprint density at radius 1 is 1.36 bits per heavy atom. The van der Waals surface area contributed by atoms with Crippen molar-refractivity contribution >= 4 is 38.6 Å². The third-order valence-corrected chi connectivity index (χ3v) is 6.04. The Morgan fingerprint density at radius 2 is 2.00 bits per heavy atom. The number of hydrogen-bond donors (Lipinski definition) is 1. The SMILES string of the molecule is Br.CN(C)C1NC2CS(=O)(=O)CC2S1. The third-order valence-electron chi connectivity index (χ3n) is 2.43. The van der Waals surface area contributed by atoms with Gasteiger partial charge in [0.25, 0.3) is 0 Å². The van der Waals surface area contributed by atoms with Crippen LogP contribution >= 0.6 is 28.7 Å². The molecule has 2 aliphatic heterocycles. The van der Waals surface area contributed by atoms with Crippen LogP contribution in [-0.4, -0.2) is 55.7 Å². The molecule has 2 fully saturated rings. The van der Waals surface area contributed by atoms with Gasteiger partial charge in [0.2, 0.25) is 0 Å². The first-order chi connectivity index (χ1) is 5.98. The number of nitrogens with one attached hydrogen (secondary N) is 1. The van der Waals surface area contributed by atoms with Gasteiger partial charge in [0.1, 0.15) is 5.50 Å². The lowest BCUT2D eigenvalue weighted by atomic mass is 10.3. The number of sulfone groups is 1. The first kappa shape index (κ1) is 12.8. The van der Waals surface area contributed by atoms with E-state index in [9.17, 15) is 8.42 Å². The van der Waals surface area contributed by atoms with Gasteiger partial charge < -0.3 is 0 Å². The van der Waals surface area contributed by atoms with E-state index < -0.39 is 9.84 Å². The van der Waals surface area contributed by atoms with Crippen LogP contribution in [0.1, 0.15) is 0 Å². The van der Waals surface area contributed by atoms with Crippen molar-refractivity contribution in [3.8, 4) is 0 Å². The average Bonchev–Trinajstić information content (AvgIpc) is 2.39. The molecule has 0 aromatic rings. The smallest absolute Gasteiger partial charge is 0.153 e. The third kappa shape index (κ3) is 2.44. The van der Waals surface area contributed by atoms with Crippen LogP contribution in [0, 0.1) is 0 Å². The molecule has 0 spiro atoms. The highest BCUT2D eigenvalue weighted by atomic mass is 79.9. The van der Waals surface area contributed by atoms with Crippen LogP contribution in [0.2, 0.25) is 0 Å². The van der Waals surface area contributed by atoms with Gasteiger partial charge in [0, 0.05) is 11.3 Å². The van der Waals surface area contributed by atoms with Gasteiger partial charge >= 0.3 is 0 Å². The highest BCUT2D eigenvalue weighted by Gasteiger charge is 2.45. The summed E-state index contributed by atoms with van der Waals surface area (Å²) in [6.45, 7) is 0. The maximum atomic E-state index is 11.3. The van der Waals surface area contributed by atoms with Crippen LogP contribution in [-0.2, 0) is 9.84 Å². The monoisotopic (exact) mass is 302 g/mol. The Labute approximate surface area is 99.5 Å². The fourth-order valence-electron chi connectivity index (χ4n) is 1.76. The normalized spacial score (nSPS) is 39.5. The van der Waals surface area contributed by atoms with E-state index in [4.69, 9.17) is 0 Å². The number of fused-ring (bicyclic) bond motifs is 1. The topological polar surface area (TPSA) is 49.4 Å². The zero-order chi connectivity index (χ0) is 9.64. The van der Waals surface area contributed by atoms with Gasteiger partial charge in [0.15, 0.2) is 9.84 Å². The van der Waals surface area contributed by atoms with E-state index in [1.54, 1.807) is 11.8 Å². The minimum absolute atomic E-state index is 0. The van der Waals surface area contributed by atoms with Crippen molar-refractivity contribution in [1.29, 1.82) is 0 Å². The highest BCUT2D eigenvalue weighted by molar-refractivity contribution is 8.93. The van der Waals surface area contributed by atoms with Crippen LogP contribution in [0.3, 0.4) is 0 Å². The molecule has 3 atom stereocenters. The molecule has 2 rings (SSSR count). The Morgan fingerprint density at radius 3 is 2.50 bits per heavy atom. The van der Waals surface area contributed by atoms with Gasteiger partial charge in [-0.1, -0.05) is 0 Å². The minimum Gasteiger partial charge on any atom is -0.288 e. The molecular formula is C7H15BrN2O2S2. The van der Waals surface area contributed by atoms with E-state index in [0.29, 0.717) is 11.5 Å². The second-order valence-electron chi connectivity index (χ2n) is 3.84. The number of hydrogen-bond acceptors (Lipinski definition) is 5. The predicted octanol–water partition coefficient (Wildman–Crippen LogP) is -0.0885. The van der Waals surface area contributed by atoms with E-state index in [1.165, 1.54) is 0 Å². The summed E-state index contributed by atoms with van der Waals surface area (Å²) in [6, 6.07) is 0.169. The maximum absolute atomic E-state index is 11.3. The lowest BCUT2D eigenvalue weighted by molar-refractivity contribution is 0.331. The van der Waals surface area contributed by atoms with Crippen LogP contribution in [0.25, 0.3) is 0 Å². The fourth-order valence-corrected chi connectivity index (χ4v) is 5.76. The van der Waals surface area contributed by atoms with E-state index in [1.807, 2.05) is 14.1 Å². The molecular weight excluding hydrogens is 288 g/mol. The zero-order valence-electron chi connectivity index (χ0n) is 8.13. The van der Waals surface area contributed by atoms with Crippen LogP contribution in [0.15, 0.2) is 0 Å². The molecule has 0 aromatic carbocycles. The fraction of sp³-hybridized carbons (Fsp3) is 1.00. The summed E-state index contributed by atoms with van der Waals surface area (Å²) >= 11 is 1.73. The molecule has 2 heterocycles. The molecule has 4 nitrogen and oxygen atoms in total. The van der Waals surface area contributed by atoms with Gasteiger partial charge in [-0.2, -0.15) is 0 Å². The van der Waals surface area contributed by atoms with E-state index in [0.717, 1.165) is 0 Å². The van der Waals surface area contributed by atoms with Crippen LogP contribution < -0.4 is 5.32 Å². The van der Waals surface area contributed by atoms with Crippen LogP contribution in [0.4, 0.5) is 0 Å². The largest absolute Gasteiger partial charge is 0.288 e. The lowest BCUT2D eigenvalue weighted by Gasteiger charge is -2.19.